The van der Waals surface area contributed by atoms with E-state index in [0.717, 1.165) is 31.1 Å². The summed E-state index contributed by atoms with van der Waals surface area (Å²) in [6.45, 7) is 2.32. The number of nitrogens with zero attached hydrogens (tertiary/aromatic N) is 1. The lowest BCUT2D eigenvalue weighted by Crippen LogP contribution is -2.18. The third-order valence-electron chi connectivity index (χ3n) is 3.11. The summed E-state index contributed by atoms with van der Waals surface area (Å²) in [7, 11) is 0. The molecule has 1 saturated carbocycles. The molecule has 2 fully saturated rings. The Morgan fingerprint density at radius 3 is 3.06 bits per heavy atom. The standard InChI is InChI=1S/C13H18N2O2/c1-2-11(8-14-10-4-5-10)15-13(3-1)17-12-6-7-16-9-12/h1-3,10,12,14H,4-9H2. The lowest BCUT2D eigenvalue weighted by atomic mass is 10.3. The number of nitrogens with one attached hydrogen (secondary N) is 1. The fourth-order valence-electron chi connectivity index (χ4n) is 1.93. The second-order valence-corrected chi connectivity index (χ2v) is 4.73. The first kappa shape index (κ1) is 11.0. The van der Waals surface area contributed by atoms with E-state index >= 15 is 0 Å². The van der Waals surface area contributed by atoms with Crippen molar-refractivity contribution in [1.29, 1.82) is 0 Å². The lowest BCUT2D eigenvalue weighted by molar-refractivity contribution is 0.138. The Kier molecular flexibility index (Phi) is 3.25. The molecule has 2 heterocycles. The summed E-state index contributed by atoms with van der Waals surface area (Å²) in [4.78, 5) is 4.50. The van der Waals surface area contributed by atoms with Crippen molar-refractivity contribution in [3.8, 4) is 5.88 Å². The molecule has 0 radical (unpaired) electrons. The van der Waals surface area contributed by atoms with Gasteiger partial charge in [0.25, 0.3) is 0 Å². The van der Waals surface area contributed by atoms with E-state index in [9.17, 15) is 0 Å². The van der Waals surface area contributed by atoms with E-state index in [0.29, 0.717) is 12.6 Å². The molecule has 1 aromatic rings. The van der Waals surface area contributed by atoms with Crippen molar-refractivity contribution in [2.75, 3.05) is 13.2 Å². The smallest absolute Gasteiger partial charge is 0.213 e. The molecule has 0 aromatic carbocycles. The van der Waals surface area contributed by atoms with Crippen molar-refractivity contribution >= 4 is 0 Å². The molecule has 2 aliphatic rings. The molecule has 0 spiro atoms. The van der Waals surface area contributed by atoms with E-state index in [1.165, 1.54) is 12.8 Å². The molecule has 0 bridgehead atoms. The minimum Gasteiger partial charge on any atom is -0.472 e. The van der Waals surface area contributed by atoms with Crippen LogP contribution in [-0.4, -0.2) is 30.3 Å². The number of aromatic nitrogens is 1. The van der Waals surface area contributed by atoms with Crippen LogP contribution >= 0.6 is 0 Å². The molecule has 1 unspecified atom stereocenters. The summed E-state index contributed by atoms with van der Waals surface area (Å²) in [6.07, 6.45) is 3.74. The third-order valence-corrected chi connectivity index (χ3v) is 3.11. The summed E-state index contributed by atoms with van der Waals surface area (Å²) in [5.74, 6) is 0.718. The van der Waals surface area contributed by atoms with E-state index in [-0.39, 0.29) is 6.10 Å². The van der Waals surface area contributed by atoms with Crippen LogP contribution < -0.4 is 10.1 Å². The van der Waals surface area contributed by atoms with Gasteiger partial charge in [-0.2, -0.15) is 0 Å². The number of hydrogen-bond acceptors (Lipinski definition) is 4. The summed E-state index contributed by atoms with van der Waals surface area (Å²) in [5, 5.41) is 3.45. The molecule has 4 nitrogen and oxygen atoms in total. The van der Waals surface area contributed by atoms with E-state index in [2.05, 4.69) is 10.3 Å². The predicted molar refractivity (Wildman–Crippen MR) is 64.0 cm³/mol. The Morgan fingerprint density at radius 1 is 1.35 bits per heavy atom. The van der Waals surface area contributed by atoms with Crippen LogP contribution in [0.5, 0.6) is 5.88 Å². The molecule has 1 aliphatic heterocycles. The molecule has 3 rings (SSSR count). The Bertz CT molecular complexity index is 373. The maximum Gasteiger partial charge on any atom is 0.213 e. The normalized spacial score (nSPS) is 23.9. The van der Waals surface area contributed by atoms with Crippen LogP contribution in [-0.2, 0) is 11.3 Å². The quantitative estimate of drug-likeness (QED) is 0.838. The van der Waals surface area contributed by atoms with Crippen molar-refractivity contribution in [2.45, 2.75) is 38.0 Å². The second kappa shape index (κ2) is 5.02. The first-order valence-electron chi connectivity index (χ1n) is 6.34. The van der Waals surface area contributed by atoms with Crippen LogP contribution in [0.1, 0.15) is 25.0 Å². The van der Waals surface area contributed by atoms with Gasteiger partial charge in [-0.1, -0.05) is 6.07 Å². The monoisotopic (exact) mass is 234 g/mol. The topological polar surface area (TPSA) is 43.4 Å². The van der Waals surface area contributed by atoms with Crippen LogP contribution in [0.4, 0.5) is 0 Å². The Labute approximate surface area is 101 Å². The van der Waals surface area contributed by atoms with Gasteiger partial charge < -0.3 is 14.8 Å². The van der Waals surface area contributed by atoms with Crippen LogP contribution in [0.25, 0.3) is 0 Å². The highest BCUT2D eigenvalue weighted by molar-refractivity contribution is 5.16. The molecule has 1 aromatic heterocycles. The van der Waals surface area contributed by atoms with Crippen LogP contribution in [0.2, 0.25) is 0 Å². The second-order valence-electron chi connectivity index (χ2n) is 4.73. The lowest BCUT2D eigenvalue weighted by Gasteiger charge is -2.11. The van der Waals surface area contributed by atoms with Crippen LogP contribution in [0, 0.1) is 0 Å². The number of ether oxygens (including phenoxy) is 2. The molecule has 92 valence electrons. The average molecular weight is 234 g/mol. The first-order chi connectivity index (χ1) is 8.40. The Morgan fingerprint density at radius 2 is 2.29 bits per heavy atom. The fourth-order valence-corrected chi connectivity index (χ4v) is 1.93. The van der Waals surface area contributed by atoms with E-state index in [4.69, 9.17) is 9.47 Å². The molecular formula is C13H18N2O2. The highest BCUT2D eigenvalue weighted by Crippen LogP contribution is 2.19. The van der Waals surface area contributed by atoms with Crippen LogP contribution in [0.3, 0.4) is 0 Å². The molecule has 1 N–H and O–H groups in total. The maximum atomic E-state index is 5.77. The van der Waals surface area contributed by atoms with E-state index in [1.54, 1.807) is 0 Å². The number of hydrogen-bond donors (Lipinski definition) is 1. The summed E-state index contributed by atoms with van der Waals surface area (Å²) in [6, 6.07) is 6.67. The van der Waals surface area contributed by atoms with Gasteiger partial charge in [-0.3, -0.25) is 0 Å². The SMILES string of the molecule is c1cc(CNC2CC2)nc(OC2CCOC2)c1. The predicted octanol–water partition coefficient (Wildman–Crippen LogP) is 1.50. The van der Waals surface area contributed by atoms with Gasteiger partial charge >= 0.3 is 0 Å². The molecular weight excluding hydrogens is 216 g/mol. The van der Waals surface area contributed by atoms with Crippen molar-refractivity contribution in [3.63, 3.8) is 0 Å². The van der Waals surface area contributed by atoms with Crippen LogP contribution in [0.15, 0.2) is 18.2 Å². The van der Waals surface area contributed by atoms with E-state index in [1.807, 2.05) is 18.2 Å². The summed E-state index contributed by atoms with van der Waals surface area (Å²) >= 11 is 0. The van der Waals surface area contributed by atoms with Gasteiger partial charge in [0.2, 0.25) is 5.88 Å². The molecule has 1 atom stereocenters. The average Bonchev–Trinajstić information content (AvgIpc) is 3.05. The first-order valence-corrected chi connectivity index (χ1v) is 6.34. The third kappa shape index (κ3) is 3.17. The van der Waals surface area contributed by atoms with Gasteiger partial charge in [0.1, 0.15) is 6.10 Å². The highest BCUT2D eigenvalue weighted by atomic mass is 16.5. The molecule has 17 heavy (non-hydrogen) atoms. The van der Waals surface area contributed by atoms with Gasteiger partial charge in [-0.25, -0.2) is 4.98 Å². The summed E-state index contributed by atoms with van der Waals surface area (Å²) in [5.41, 5.74) is 1.05. The van der Waals surface area contributed by atoms with Gasteiger partial charge in [0, 0.05) is 25.1 Å². The minimum absolute atomic E-state index is 0.175. The molecule has 1 aliphatic carbocycles. The molecule has 4 heteroatoms. The van der Waals surface area contributed by atoms with Crippen molar-refractivity contribution in [3.05, 3.63) is 23.9 Å². The zero-order chi connectivity index (χ0) is 11.5. The van der Waals surface area contributed by atoms with E-state index < -0.39 is 0 Å². The molecule has 1 saturated heterocycles. The van der Waals surface area contributed by atoms with Gasteiger partial charge in [-0.05, 0) is 18.9 Å². The highest BCUT2D eigenvalue weighted by Gasteiger charge is 2.20. The largest absolute Gasteiger partial charge is 0.472 e. The number of pyridine rings is 1. The van der Waals surface area contributed by atoms with Gasteiger partial charge in [0.05, 0.1) is 18.9 Å². The van der Waals surface area contributed by atoms with Crippen molar-refractivity contribution in [2.24, 2.45) is 0 Å². The number of rotatable bonds is 5. The van der Waals surface area contributed by atoms with Gasteiger partial charge in [-0.15, -0.1) is 0 Å². The summed E-state index contributed by atoms with van der Waals surface area (Å²) < 4.78 is 11.1. The molecule has 0 amide bonds. The Hall–Kier alpha value is -1.13. The minimum atomic E-state index is 0.175. The maximum absolute atomic E-state index is 5.77. The zero-order valence-electron chi connectivity index (χ0n) is 9.89. The zero-order valence-corrected chi connectivity index (χ0v) is 9.89. The van der Waals surface area contributed by atoms with Crippen molar-refractivity contribution in [1.82, 2.24) is 10.3 Å². The fraction of sp³-hybridized carbons (Fsp3) is 0.615. The van der Waals surface area contributed by atoms with Crippen molar-refractivity contribution < 1.29 is 9.47 Å². The van der Waals surface area contributed by atoms with Gasteiger partial charge in [0.15, 0.2) is 0 Å². The Balaban J connectivity index is 1.56.